The Hall–Kier alpha value is -2.24. The van der Waals surface area contributed by atoms with Crippen LogP contribution in [0.25, 0.3) is 0 Å². The van der Waals surface area contributed by atoms with Gasteiger partial charge >= 0.3 is 5.51 Å². The summed E-state index contributed by atoms with van der Waals surface area (Å²) >= 11 is -0.259. The van der Waals surface area contributed by atoms with Crippen molar-refractivity contribution in [2.45, 2.75) is 22.2 Å². The maximum Gasteiger partial charge on any atom is 0.446 e. The molecule has 1 aliphatic rings. The van der Waals surface area contributed by atoms with E-state index in [9.17, 15) is 31.5 Å². The molecule has 1 amide bonds. The number of hydrogen-bond donors (Lipinski definition) is 1. The molecule has 0 aliphatic carbocycles. The summed E-state index contributed by atoms with van der Waals surface area (Å²) in [6, 6.07) is 9.42. The number of aromatic hydroxyl groups is 1. The van der Waals surface area contributed by atoms with E-state index in [4.69, 9.17) is 0 Å². The predicted octanol–water partition coefficient (Wildman–Crippen LogP) is 3.46. The normalized spacial score (nSPS) is 15.9. The second-order valence-electron chi connectivity index (χ2n) is 6.74. The first-order valence-corrected chi connectivity index (χ1v) is 11.2. The molecule has 2 aromatic carbocycles. The number of halogens is 3. The van der Waals surface area contributed by atoms with Gasteiger partial charge in [-0.1, -0.05) is 6.07 Å². The summed E-state index contributed by atoms with van der Waals surface area (Å²) in [5.41, 5.74) is -3.49. The van der Waals surface area contributed by atoms with E-state index in [2.05, 4.69) is 0 Å². The maximum atomic E-state index is 12.8. The Balaban J connectivity index is 1.66. The molecule has 1 saturated heterocycles. The van der Waals surface area contributed by atoms with Crippen LogP contribution in [0, 0.1) is 6.92 Å². The summed E-state index contributed by atoms with van der Waals surface area (Å²) < 4.78 is 64.1. The molecule has 0 atom stereocenters. The van der Waals surface area contributed by atoms with E-state index in [1.54, 1.807) is 13.0 Å². The molecular formula is C19H19F3N2O4S2. The van der Waals surface area contributed by atoms with Gasteiger partial charge in [0.05, 0.1) is 0 Å². The van der Waals surface area contributed by atoms with Gasteiger partial charge in [0.2, 0.25) is 10.0 Å². The lowest BCUT2D eigenvalue weighted by Crippen LogP contribution is -2.50. The Morgan fingerprint density at radius 2 is 1.63 bits per heavy atom. The van der Waals surface area contributed by atoms with Gasteiger partial charge in [-0.05, 0) is 60.6 Å². The van der Waals surface area contributed by atoms with Crippen LogP contribution in [0.3, 0.4) is 0 Å². The van der Waals surface area contributed by atoms with E-state index in [1.165, 1.54) is 45.6 Å². The molecule has 6 nitrogen and oxygen atoms in total. The summed E-state index contributed by atoms with van der Waals surface area (Å²) in [4.78, 5) is 13.9. The molecule has 0 unspecified atom stereocenters. The third-order valence-corrected chi connectivity index (χ3v) is 7.26. The first-order chi connectivity index (χ1) is 14.0. The number of nitrogens with zero attached hydrogens (tertiary/aromatic N) is 2. The number of alkyl halides is 3. The molecule has 30 heavy (non-hydrogen) atoms. The number of benzene rings is 2. The van der Waals surface area contributed by atoms with Crippen molar-refractivity contribution < 1.29 is 31.5 Å². The van der Waals surface area contributed by atoms with Crippen LogP contribution in [0.2, 0.25) is 0 Å². The van der Waals surface area contributed by atoms with Crippen molar-refractivity contribution in [1.29, 1.82) is 0 Å². The van der Waals surface area contributed by atoms with Gasteiger partial charge in [-0.25, -0.2) is 8.42 Å². The molecule has 162 valence electrons. The van der Waals surface area contributed by atoms with Crippen molar-refractivity contribution in [3.8, 4) is 5.75 Å². The molecule has 1 N–H and O–H groups in total. The van der Waals surface area contributed by atoms with Crippen LogP contribution in [-0.2, 0) is 10.0 Å². The number of hydrogen-bond acceptors (Lipinski definition) is 5. The number of piperazine rings is 1. The van der Waals surface area contributed by atoms with E-state index >= 15 is 0 Å². The van der Waals surface area contributed by atoms with E-state index in [0.717, 1.165) is 0 Å². The van der Waals surface area contributed by atoms with Gasteiger partial charge in [0.25, 0.3) is 5.91 Å². The summed E-state index contributed by atoms with van der Waals surface area (Å²) in [7, 11) is -3.92. The van der Waals surface area contributed by atoms with Gasteiger partial charge in [-0.3, -0.25) is 4.79 Å². The summed E-state index contributed by atoms with van der Waals surface area (Å²) in [6.07, 6.45) is 0. The number of amides is 1. The quantitative estimate of drug-likeness (QED) is 0.707. The molecule has 1 heterocycles. The molecule has 3 rings (SSSR count). The topological polar surface area (TPSA) is 77.9 Å². The fourth-order valence-electron chi connectivity index (χ4n) is 3.08. The number of sulfonamides is 1. The number of carbonyl (C=O) groups is 1. The lowest BCUT2D eigenvalue weighted by Gasteiger charge is -2.34. The van der Waals surface area contributed by atoms with E-state index in [0.29, 0.717) is 5.56 Å². The summed E-state index contributed by atoms with van der Waals surface area (Å²) in [6.45, 7) is 2.06. The smallest absolute Gasteiger partial charge is 0.446 e. The second kappa shape index (κ2) is 8.48. The zero-order valence-corrected chi connectivity index (χ0v) is 17.5. The van der Waals surface area contributed by atoms with Crippen LogP contribution >= 0.6 is 11.8 Å². The SMILES string of the molecule is Cc1ccc(O)c(S(=O)(=O)N2CCN(C(=O)c3ccc(SC(F)(F)F)cc3)CC2)c1. The highest BCUT2D eigenvalue weighted by Crippen LogP contribution is 2.36. The Bertz CT molecular complexity index is 1030. The van der Waals surface area contributed by atoms with Gasteiger partial charge in [0.15, 0.2) is 0 Å². The van der Waals surface area contributed by atoms with Crippen molar-refractivity contribution in [2.75, 3.05) is 26.2 Å². The largest absolute Gasteiger partial charge is 0.507 e. The number of rotatable bonds is 4. The molecule has 2 aromatic rings. The van der Waals surface area contributed by atoms with Crippen LogP contribution in [0.1, 0.15) is 15.9 Å². The zero-order chi connectivity index (χ0) is 22.1. The Kier molecular flexibility index (Phi) is 6.34. The first kappa shape index (κ1) is 22.4. The highest BCUT2D eigenvalue weighted by molar-refractivity contribution is 8.00. The number of thioether (sulfide) groups is 1. The van der Waals surface area contributed by atoms with Crippen LogP contribution in [0.15, 0.2) is 52.3 Å². The Morgan fingerprint density at radius 3 is 2.20 bits per heavy atom. The molecular weight excluding hydrogens is 441 g/mol. The van der Waals surface area contributed by atoms with E-state index in [1.807, 2.05) is 0 Å². The van der Waals surface area contributed by atoms with Crippen molar-refractivity contribution in [3.63, 3.8) is 0 Å². The second-order valence-corrected chi connectivity index (χ2v) is 9.78. The zero-order valence-electron chi connectivity index (χ0n) is 15.9. The fraction of sp³-hybridized carbons (Fsp3) is 0.316. The highest BCUT2D eigenvalue weighted by atomic mass is 32.2. The average Bonchev–Trinajstić information content (AvgIpc) is 2.68. The van der Waals surface area contributed by atoms with Gasteiger partial charge in [0.1, 0.15) is 10.6 Å². The summed E-state index contributed by atoms with van der Waals surface area (Å²) in [5, 5.41) is 9.94. The van der Waals surface area contributed by atoms with Crippen molar-refractivity contribution in [3.05, 3.63) is 53.6 Å². The number of aryl methyl sites for hydroxylation is 1. The van der Waals surface area contributed by atoms with Crippen molar-refractivity contribution in [2.24, 2.45) is 0 Å². The van der Waals surface area contributed by atoms with Gasteiger partial charge in [-0.2, -0.15) is 17.5 Å². The lowest BCUT2D eigenvalue weighted by atomic mass is 10.2. The summed E-state index contributed by atoms with van der Waals surface area (Å²) in [5.74, 6) is -0.718. The number of phenolic OH excluding ortho intramolecular Hbond substituents is 1. The van der Waals surface area contributed by atoms with Crippen LogP contribution in [-0.4, -0.2) is 60.3 Å². The molecule has 0 radical (unpaired) electrons. The van der Waals surface area contributed by atoms with Gasteiger partial charge in [0, 0.05) is 36.6 Å². The minimum atomic E-state index is -4.40. The molecule has 1 aliphatic heterocycles. The lowest BCUT2D eigenvalue weighted by molar-refractivity contribution is -0.0328. The number of carbonyl (C=O) groups excluding carboxylic acids is 1. The molecule has 1 fully saturated rings. The predicted molar refractivity (Wildman–Crippen MR) is 106 cm³/mol. The minimum absolute atomic E-state index is 0.0204. The Labute approximate surface area is 176 Å². The molecule has 0 spiro atoms. The van der Waals surface area contributed by atoms with Crippen molar-refractivity contribution in [1.82, 2.24) is 9.21 Å². The van der Waals surface area contributed by atoms with Crippen LogP contribution in [0.5, 0.6) is 5.75 Å². The van der Waals surface area contributed by atoms with Gasteiger partial charge in [-0.15, -0.1) is 0 Å². The minimum Gasteiger partial charge on any atom is -0.507 e. The van der Waals surface area contributed by atoms with E-state index < -0.39 is 15.5 Å². The van der Waals surface area contributed by atoms with Gasteiger partial charge < -0.3 is 10.0 Å². The van der Waals surface area contributed by atoms with Crippen LogP contribution < -0.4 is 0 Å². The molecule has 0 bridgehead atoms. The molecule has 0 aromatic heterocycles. The number of phenols is 1. The monoisotopic (exact) mass is 460 g/mol. The van der Waals surface area contributed by atoms with Crippen LogP contribution in [0.4, 0.5) is 13.2 Å². The molecule has 0 saturated carbocycles. The first-order valence-electron chi connectivity index (χ1n) is 8.92. The Morgan fingerprint density at radius 1 is 1.03 bits per heavy atom. The average molecular weight is 460 g/mol. The highest BCUT2D eigenvalue weighted by Gasteiger charge is 2.32. The third-order valence-electron chi connectivity index (χ3n) is 4.59. The molecule has 11 heteroatoms. The van der Waals surface area contributed by atoms with E-state index in [-0.39, 0.29) is 65.0 Å². The maximum absolute atomic E-state index is 12.8. The standard InChI is InChI=1S/C19H19F3N2O4S2/c1-13-2-7-16(25)17(12-13)30(27,28)24-10-8-23(9-11-24)18(26)14-3-5-15(6-4-14)29-19(20,21)22/h2-7,12,25H,8-11H2,1H3. The van der Waals surface area contributed by atoms with Crippen molar-refractivity contribution >= 4 is 27.7 Å². The third kappa shape index (κ3) is 5.08. The fourth-order valence-corrected chi connectivity index (χ4v) is 5.21.